The Bertz CT molecular complexity index is 377. The van der Waals surface area contributed by atoms with Crippen LogP contribution in [0.3, 0.4) is 0 Å². The van der Waals surface area contributed by atoms with Crippen LogP contribution in [0.4, 0.5) is 5.69 Å². The summed E-state index contributed by atoms with van der Waals surface area (Å²) in [6.07, 6.45) is 1.58. The number of aryl methyl sites for hydroxylation is 1. The van der Waals surface area contributed by atoms with Crippen LogP contribution in [0.2, 0.25) is 0 Å². The zero-order chi connectivity index (χ0) is 12.1. The first-order valence-electron chi connectivity index (χ1n) is 5.31. The second-order valence-electron chi connectivity index (χ2n) is 3.79. The van der Waals surface area contributed by atoms with E-state index in [-0.39, 0.29) is 17.2 Å². The predicted octanol–water partition coefficient (Wildman–Crippen LogP) is 2.48. The van der Waals surface area contributed by atoms with Gasteiger partial charge < -0.3 is 5.11 Å². The van der Waals surface area contributed by atoms with Crippen LogP contribution in [0.25, 0.3) is 0 Å². The Hall–Kier alpha value is -1.42. The molecule has 4 heteroatoms. The number of rotatable bonds is 5. The van der Waals surface area contributed by atoms with Crippen LogP contribution in [-0.4, -0.2) is 16.6 Å². The molecule has 87 valence electrons. The summed E-state index contributed by atoms with van der Waals surface area (Å²) < 4.78 is 0. The van der Waals surface area contributed by atoms with Gasteiger partial charge in [0.05, 0.1) is 11.5 Å². The molecule has 0 fully saturated rings. The number of benzene rings is 1. The minimum absolute atomic E-state index is 0.0791. The topological polar surface area (TPSA) is 63.4 Å². The highest BCUT2D eigenvalue weighted by Gasteiger charge is 2.16. The minimum atomic E-state index is -0.362. The first-order valence-corrected chi connectivity index (χ1v) is 5.31. The number of nitrogens with zero attached hydrogens (tertiary/aromatic N) is 1. The van der Waals surface area contributed by atoms with E-state index in [1.165, 1.54) is 6.07 Å². The molecule has 0 spiro atoms. The molecule has 0 aliphatic rings. The molecule has 0 aliphatic carbocycles. The number of aliphatic hydroxyl groups is 1. The van der Waals surface area contributed by atoms with E-state index < -0.39 is 0 Å². The fourth-order valence-electron chi connectivity index (χ4n) is 1.57. The molecule has 1 aromatic carbocycles. The summed E-state index contributed by atoms with van der Waals surface area (Å²) in [6.45, 7) is 3.67. The summed E-state index contributed by atoms with van der Waals surface area (Å²) >= 11 is 0. The van der Waals surface area contributed by atoms with Gasteiger partial charge in [0.25, 0.3) is 5.69 Å². The quantitative estimate of drug-likeness (QED) is 0.615. The standard InChI is InChI=1S/C12H16NO3/c1-3-4-10-5-6-11(9(2)8-14)7-12(10)13(15)16/h5-7,14H,3-4,8H2,1-2H3. The molecule has 0 heterocycles. The second-order valence-corrected chi connectivity index (χ2v) is 3.79. The van der Waals surface area contributed by atoms with E-state index >= 15 is 0 Å². The first-order chi connectivity index (χ1) is 7.60. The van der Waals surface area contributed by atoms with Crippen molar-refractivity contribution in [1.29, 1.82) is 0 Å². The third-order valence-electron chi connectivity index (χ3n) is 2.53. The summed E-state index contributed by atoms with van der Waals surface area (Å²) in [4.78, 5) is 10.5. The lowest BCUT2D eigenvalue weighted by Gasteiger charge is -2.09. The van der Waals surface area contributed by atoms with Crippen molar-refractivity contribution >= 4 is 5.69 Å². The highest BCUT2D eigenvalue weighted by atomic mass is 16.6. The molecular formula is C12H16NO3. The molecule has 1 rings (SSSR count). The van der Waals surface area contributed by atoms with Gasteiger partial charge in [-0.2, -0.15) is 0 Å². The van der Waals surface area contributed by atoms with Crippen molar-refractivity contribution < 1.29 is 10.0 Å². The molecule has 16 heavy (non-hydrogen) atoms. The van der Waals surface area contributed by atoms with Gasteiger partial charge in [-0.3, -0.25) is 10.1 Å². The lowest BCUT2D eigenvalue weighted by molar-refractivity contribution is -0.385. The number of nitro groups is 1. The average Bonchev–Trinajstić information content (AvgIpc) is 2.28. The summed E-state index contributed by atoms with van der Waals surface area (Å²) in [7, 11) is 0. The van der Waals surface area contributed by atoms with Crippen LogP contribution < -0.4 is 0 Å². The van der Waals surface area contributed by atoms with Crippen molar-refractivity contribution in [1.82, 2.24) is 0 Å². The molecular weight excluding hydrogens is 206 g/mol. The molecule has 0 saturated heterocycles. The first kappa shape index (κ1) is 12.6. The van der Waals surface area contributed by atoms with Crippen LogP contribution in [0, 0.1) is 16.0 Å². The summed E-state index contributed by atoms with van der Waals surface area (Å²) in [5.74, 6) is 0.742. The van der Waals surface area contributed by atoms with Crippen molar-refractivity contribution in [2.24, 2.45) is 0 Å². The van der Waals surface area contributed by atoms with E-state index in [2.05, 4.69) is 0 Å². The minimum Gasteiger partial charge on any atom is -0.395 e. The molecule has 1 N–H and O–H groups in total. The Balaban J connectivity index is 3.12. The fourth-order valence-corrected chi connectivity index (χ4v) is 1.57. The summed E-state index contributed by atoms with van der Waals surface area (Å²) in [5, 5.41) is 19.9. The predicted molar refractivity (Wildman–Crippen MR) is 62.2 cm³/mol. The average molecular weight is 222 g/mol. The van der Waals surface area contributed by atoms with Crippen molar-refractivity contribution in [3.63, 3.8) is 0 Å². The van der Waals surface area contributed by atoms with Gasteiger partial charge in [0.15, 0.2) is 0 Å². The van der Waals surface area contributed by atoms with Gasteiger partial charge in [0.1, 0.15) is 0 Å². The molecule has 0 amide bonds. The zero-order valence-corrected chi connectivity index (χ0v) is 9.56. The van der Waals surface area contributed by atoms with E-state index in [0.29, 0.717) is 6.42 Å². The third kappa shape index (κ3) is 2.79. The maximum Gasteiger partial charge on any atom is 0.272 e. The van der Waals surface area contributed by atoms with Crippen molar-refractivity contribution in [3.8, 4) is 0 Å². The van der Waals surface area contributed by atoms with E-state index in [4.69, 9.17) is 5.11 Å². The van der Waals surface area contributed by atoms with Gasteiger partial charge in [-0.1, -0.05) is 32.4 Å². The van der Waals surface area contributed by atoms with Crippen LogP contribution in [0.1, 0.15) is 31.4 Å². The van der Waals surface area contributed by atoms with Crippen LogP contribution in [0.5, 0.6) is 0 Å². The molecule has 4 nitrogen and oxygen atoms in total. The SMILES string of the molecule is CCCc1ccc([C](C)CO)cc1[N+](=O)[O-]. The van der Waals surface area contributed by atoms with E-state index in [1.807, 2.05) is 13.0 Å². The smallest absolute Gasteiger partial charge is 0.272 e. The molecule has 0 atom stereocenters. The maximum atomic E-state index is 10.9. The monoisotopic (exact) mass is 222 g/mol. The van der Waals surface area contributed by atoms with Gasteiger partial charge in [-0.15, -0.1) is 0 Å². The van der Waals surface area contributed by atoms with E-state index in [1.54, 1.807) is 13.0 Å². The Morgan fingerprint density at radius 2 is 2.19 bits per heavy atom. The Kier molecular flexibility index (Phi) is 4.43. The van der Waals surface area contributed by atoms with Gasteiger partial charge in [-0.05, 0) is 12.0 Å². The molecule has 0 aromatic heterocycles. The normalized spacial score (nSPS) is 10.8. The Labute approximate surface area is 95.1 Å². The summed E-state index contributed by atoms with van der Waals surface area (Å²) in [6, 6.07) is 5.14. The summed E-state index contributed by atoms with van der Waals surface area (Å²) in [5.41, 5.74) is 1.63. The maximum absolute atomic E-state index is 10.9. The van der Waals surface area contributed by atoms with Gasteiger partial charge >= 0.3 is 0 Å². The highest BCUT2D eigenvalue weighted by Crippen LogP contribution is 2.25. The number of aliphatic hydroxyl groups excluding tert-OH is 1. The Morgan fingerprint density at radius 1 is 1.50 bits per heavy atom. The largest absolute Gasteiger partial charge is 0.395 e. The van der Waals surface area contributed by atoms with Crippen molar-refractivity contribution in [2.75, 3.05) is 6.61 Å². The Morgan fingerprint density at radius 3 is 2.69 bits per heavy atom. The molecule has 1 aromatic rings. The lowest BCUT2D eigenvalue weighted by Crippen LogP contribution is -2.03. The van der Waals surface area contributed by atoms with Crippen LogP contribution >= 0.6 is 0 Å². The zero-order valence-electron chi connectivity index (χ0n) is 9.56. The molecule has 1 radical (unpaired) electrons. The van der Waals surface area contributed by atoms with Crippen molar-refractivity contribution in [2.45, 2.75) is 26.7 Å². The van der Waals surface area contributed by atoms with Crippen LogP contribution in [-0.2, 0) is 6.42 Å². The fraction of sp³-hybridized carbons (Fsp3) is 0.417. The van der Waals surface area contributed by atoms with E-state index in [9.17, 15) is 10.1 Å². The second kappa shape index (κ2) is 5.61. The lowest BCUT2D eigenvalue weighted by atomic mass is 9.98. The highest BCUT2D eigenvalue weighted by molar-refractivity contribution is 5.47. The van der Waals surface area contributed by atoms with Gasteiger partial charge in [-0.25, -0.2) is 0 Å². The molecule has 0 bridgehead atoms. The molecule has 0 unspecified atom stereocenters. The van der Waals surface area contributed by atoms with Gasteiger partial charge in [0.2, 0.25) is 0 Å². The molecule has 0 aliphatic heterocycles. The molecule has 0 saturated carbocycles. The third-order valence-corrected chi connectivity index (χ3v) is 2.53. The van der Waals surface area contributed by atoms with E-state index in [0.717, 1.165) is 23.5 Å². The number of nitro benzene ring substituents is 1. The number of hydrogen-bond acceptors (Lipinski definition) is 3. The van der Waals surface area contributed by atoms with Gasteiger partial charge in [0, 0.05) is 17.5 Å². The van der Waals surface area contributed by atoms with Crippen LogP contribution in [0.15, 0.2) is 18.2 Å². The van der Waals surface area contributed by atoms with Crippen molar-refractivity contribution in [3.05, 3.63) is 45.4 Å². The number of hydrogen-bond donors (Lipinski definition) is 1.